The number of benzene rings is 6. The molecule has 4 nitrogen and oxygen atoms in total. The third-order valence-corrected chi connectivity index (χ3v) is 17.6. The van der Waals surface area contributed by atoms with Gasteiger partial charge >= 0.3 is 249 Å². The SMILES string of the molecule is O=S(=O)(O)C(F)(F)F.c1ccc([PH](O[PH](c2ccccc2)(c2ccccc2)c2ccccc2)(c2ccccc2)c2ccccc2)cc1. The van der Waals surface area contributed by atoms with Gasteiger partial charge in [-0.3, -0.25) is 4.55 Å². The fraction of sp³-hybridized carbons (Fsp3) is 0.0270. The maximum absolute atomic E-state index is 10.7. The molecule has 0 fully saturated rings. The van der Waals surface area contributed by atoms with E-state index in [4.69, 9.17) is 17.3 Å². The fourth-order valence-corrected chi connectivity index (χ4v) is 16.3. The Hall–Kier alpha value is -4.16. The van der Waals surface area contributed by atoms with Crippen molar-refractivity contribution in [2.24, 2.45) is 0 Å². The molecule has 6 aromatic carbocycles. The van der Waals surface area contributed by atoms with E-state index in [1.165, 1.54) is 31.8 Å². The molecule has 0 aliphatic rings. The first-order valence-electron chi connectivity index (χ1n) is 14.7. The molecule has 0 aliphatic heterocycles. The third-order valence-electron chi connectivity index (χ3n) is 7.68. The van der Waals surface area contributed by atoms with Crippen molar-refractivity contribution in [1.82, 2.24) is 0 Å². The van der Waals surface area contributed by atoms with Gasteiger partial charge in [0.05, 0.1) is 0 Å². The van der Waals surface area contributed by atoms with E-state index < -0.39 is 30.6 Å². The molecule has 6 rings (SSSR count). The van der Waals surface area contributed by atoms with Crippen molar-refractivity contribution in [3.63, 3.8) is 0 Å². The second-order valence-electron chi connectivity index (χ2n) is 10.6. The zero-order valence-electron chi connectivity index (χ0n) is 25.0. The Labute approximate surface area is 274 Å². The van der Waals surface area contributed by atoms with Crippen LogP contribution in [0.2, 0.25) is 0 Å². The summed E-state index contributed by atoms with van der Waals surface area (Å²) in [6.07, 6.45) is 0. The number of alkyl halides is 3. The molecule has 47 heavy (non-hydrogen) atoms. The molecule has 0 aliphatic carbocycles. The van der Waals surface area contributed by atoms with E-state index in [-0.39, 0.29) is 0 Å². The van der Waals surface area contributed by atoms with Crippen LogP contribution in [-0.4, -0.2) is 18.5 Å². The minimum absolute atomic E-state index is 1.24. The van der Waals surface area contributed by atoms with Crippen LogP contribution in [0.25, 0.3) is 0 Å². The molecule has 0 radical (unpaired) electrons. The molecule has 0 spiro atoms. The Kier molecular flexibility index (Phi) is 10.7. The summed E-state index contributed by atoms with van der Waals surface area (Å²) in [6.45, 7) is 0. The summed E-state index contributed by atoms with van der Waals surface area (Å²) < 4.78 is 65.8. The van der Waals surface area contributed by atoms with Crippen LogP contribution in [0, 0.1) is 0 Å². The molecule has 0 bridgehead atoms. The van der Waals surface area contributed by atoms with E-state index in [0.29, 0.717) is 0 Å². The summed E-state index contributed by atoms with van der Waals surface area (Å²) in [5.74, 6) is 0. The van der Waals surface area contributed by atoms with Crippen LogP contribution in [0.15, 0.2) is 182 Å². The number of halogens is 3. The molecule has 0 saturated heterocycles. The predicted molar refractivity (Wildman–Crippen MR) is 192 cm³/mol. The van der Waals surface area contributed by atoms with Crippen molar-refractivity contribution in [3.8, 4) is 0 Å². The van der Waals surface area contributed by atoms with Crippen LogP contribution in [0.1, 0.15) is 0 Å². The monoisotopic (exact) mass is 692 g/mol. The summed E-state index contributed by atoms with van der Waals surface area (Å²) >= 11 is 0. The predicted octanol–water partition coefficient (Wildman–Crippen LogP) is 6.68. The van der Waals surface area contributed by atoms with Gasteiger partial charge in [-0.15, -0.1) is 0 Å². The molecule has 10 heteroatoms. The first kappa shape index (κ1) is 34.2. The zero-order chi connectivity index (χ0) is 33.4. The molecule has 0 aromatic heterocycles. The van der Waals surface area contributed by atoms with E-state index >= 15 is 0 Å². The molecule has 0 atom stereocenters. The van der Waals surface area contributed by atoms with Gasteiger partial charge in [-0.1, -0.05) is 0 Å². The van der Waals surface area contributed by atoms with Crippen molar-refractivity contribution in [2.45, 2.75) is 5.51 Å². The van der Waals surface area contributed by atoms with Crippen molar-refractivity contribution in [2.75, 3.05) is 0 Å². The van der Waals surface area contributed by atoms with Crippen LogP contribution in [0.5, 0.6) is 0 Å². The Bertz CT molecular complexity index is 1630. The van der Waals surface area contributed by atoms with Gasteiger partial charge in [-0.25, -0.2) is 0 Å². The Morgan fingerprint density at radius 2 is 0.553 bits per heavy atom. The van der Waals surface area contributed by atoms with Gasteiger partial charge in [0, 0.05) is 0 Å². The number of hydrogen-bond acceptors (Lipinski definition) is 3. The molecular formula is C37H33F3O4P2S. The van der Waals surface area contributed by atoms with Gasteiger partial charge in [0.1, 0.15) is 0 Å². The van der Waals surface area contributed by atoms with E-state index in [2.05, 4.69) is 182 Å². The van der Waals surface area contributed by atoms with Crippen molar-refractivity contribution >= 4 is 56.9 Å². The van der Waals surface area contributed by atoms with Crippen molar-refractivity contribution in [3.05, 3.63) is 182 Å². The Morgan fingerprint density at radius 3 is 0.681 bits per heavy atom. The molecule has 0 saturated carbocycles. The summed E-state index contributed by atoms with van der Waals surface area (Å²) in [5.41, 5.74) is -5.53. The standard InChI is InChI=1S/C36H32OP2.CHF3O3S/c1-7-19-31(20-8-1)38(32-21-9-2-10-22-32,33-23-11-3-12-24-33)37-39(34-25-13-4-14-26-34,35-27-15-5-16-28-35)36-29-17-6-18-30-36;2-1(3,4)8(5,6)7/h1-30,38-39H;(H,5,6,7). The normalized spacial score (nSPS) is 12.8. The summed E-state index contributed by atoms with van der Waals surface area (Å²) in [5, 5.41) is 7.43. The van der Waals surface area contributed by atoms with Gasteiger partial charge in [-0.2, -0.15) is 21.6 Å². The number of rotatable bonds is 8. The summed E-state index contributed by atoms with van der Waals surface area (Å²) in [7, 11) is -11.9. The second-order valence-corrected chi connectivity index (χ2v) is 19.0. The van der Waals surface area contributed by atoms with Gasteiger partial charge in [-0.05, 0) is 0 Å². The maximum atomic E-state index is 10.7. The molecular weight excluding hydrogens is 659 g/mol. The molecule has 1 N–H and O–H groups in total. The Morgan fingerprint density at radius 1 is 0.404 bits per heavy atom. The quantitative estimate of drug-likeness (QED) is 0.110. The number of hydrogen-bond donors (Lipinski definition) is 1. The van der Waals surface area contributed by atoms with Crippen LogP contribution >= 0.6 is 15.0 Å². The van der Waals surface area contributed by atoms with E-state index in [1.807, 2.05) is 0 Å². The van der Waals surface area contributed by atoms with Crippen LogP contribution in [0.4, 0.5) is 13.2 Å². The van der Waals surface area contributed by atoms with Gasteiger partial charge < -0.3 is 0 Å². The topological polar surface area (TPSA) is 63.6 Å². The Balaban J connectivity index is 0.000000483. The molecule has 0 amide bonds. The van der Waals surface area contributed by atoms with E-state index in [9.17, 15) is 13.2 Å². The third kappa shape index (κ3) is 7.38. The molecule has 0 heterocycles. The van der Waals surface area contributed by atoms with E-state index in [0.717, 1.165) is 0 Å². The van der Waals surface area contributed by atoms with Crippen molar-refractivity contribution < 1.29 is 30.5 Å². The second kappa shape index (κ2) is 14.7. The van der Waals surface area contributed by atoms with Crippen LogP contribution < -0.4 is 31.8 Å². The van der Waals surface area contributed by atoms with Crippen LogP contribution in [0.3, 0.4) is 0 Å². The van der Waals surface area contributed by atoms with E-state index in [1.54, 1.807) is 0 Å². The first-order valence-corrected chi connectivity index (χ1v) is 19.9. The van der Waals surface area contributed by atoms with Crippen LogP contribution in [-0.2, 0) is 14.4 Å². The molecule has 242 valence electrons. The average Bonchev–Trinajstić information content (AvgIpc) is 3.11. The van der Waals surface area contributed by atoms with Gasteiger partial charge in [0.25, 0.3) is 0 Å². The summed E-state index contributed by atoms with van der Waals surface area (Å²) in [4.78, 5) is 0. The molecule has 0 unspecified atom stereocenters. The molecule has 6 aromatic rings. The zero-order valence-corrected chi connectivity index (χ0v) is 27.9. The average molecular weight is 693 g/mol. The van der Waals surface area contributed by atoms with Gasteiger partial charge in [0.2, 0.25) is 0 Å². The fourth-order valence-electron chi connectivity index (χ4n) is 5.62. The first-order chi connectivity index (χ1) is 22.6. The minimum atomic E-state index is -5.84. The summed E-state index contributed by atoms with van der Waals surface area (Å²) in [6, 6.07) is 65.3. The van der Waals surface area contributed by atoms with Gasteiger partial charge in [0.15, 0.2) is 0 Å². The van der Waals surface area contributed by atoms with Crippen molar-refractivity contribution in [1.29, 1.82) is 0 Å².